The number of thiazole rings is 1. The summed E-state index contributed by atoms with van der Waals surface area (Å²) in [6, 6.07) is 8.31. The molecule has 0 aliphatic carbocycles. The van der Waals surface area contributed by atoms with E-state index in [0.717, 1.165) is 10.9 Å². The van der Waals surface area contributed by atoms with E-state index in [-0.39, 0.29) is 12.2 Å². The Labute approximate surface area is 202 Å². The number of rotatable bonds is 7. The van der Waals surface area contributed by atoms with Crippen LogP contribution >= 0.6 is 27.3 Å². The highest BCUT2D eigenvalue weighted by molar-refractivity contribution is 9.10. The average Bonchev–Trinajstić information content (AvgIpc) is 3.41. The van der Waals surface area contributed by atoms with Crippen LogP contribution in [0.1, 0.15) is 44.1 Å². The molecule has 172 valence electrons. The minimum absolute atomic E-state index is 0.215. The highest BCUT2D eigenvalue weighted by atomic mass is 79.9. The van der Waals surface area contributed by atoms with Crippen LogP contribution in [-0.4, -0.2) is 24.3 Å². The van der Waals surface area contributed by atoms with Gasteiger partial charge in [-0.25, -0.2) is 9.79 Å². The smallest absolute Gasteiger partial charge is 0.338 e. The maximum atomic E-state index is 13.6. The fourth-order valence-corrected chi connectivity index (χ4v) is 5.22. The molecule has 1 aliphatic heterocycles. The second-order valence-electron chi connectivity index (χ2n) is 7.32. The van der Waals surface area contributed by atoms with Crippen LogP contribution < -0.4 is 19.6 Å². The van der Waals surface area contributed by atoms with Crippen molar-refractivity contribution in [1.29, 1.82) is 0 Å². The van der Waals surface area contributed by atoms with Crippen LogP contribution in [-0.2, 0) is 9.53 Å². The first kappa shape index (κ1) is 23.3. The van der Waals surface area contributed by atoms with Gasteiger partial charge in [-0.15, -0.1) is 0 Å². The van der Waals surface area contributed by atoms with Gasteiger partial charge in [0.05, 0.1) is 35.8 Å². The number of halogens is 1. The molecule has 0 bridgehead atoms. The molecule has 4 rings (SSSR count). The number of carbonyl (C=O) groups is 1. The number of allylic oxidation sites excluding steroid dienone is 1. The Bertz CT molecular complexity index is 1390. The lowest BCUT2D eigenvalue weighted by Gasteiger charge is -2.27. The number of benzene rings is 1. The number of aromatic nitrogens is 1. The number of fused-ring (bicyclic) bond motifs is 1. The van der Waals surface area contributed by atoms with Crippen LogP contribution in [0, 0.1) is 0 Å². The molecule has 2 aromatic heterocycles. The third-order valence-electron chi connectivity index (χ3n) is 5.20. The summed E-state index contributed by atoms with van der Waals surface area (Å²) in [5.41, 5.74) is 1.38. The summed E-state index contributed by atoms with van der Waals surface area (Å²) in [6.45, 7) is 3.99. The number of carbonyl (C=O) groups excluding carboxylic acids is 1. The van der Waals surface area contributed by atoms with Gasteiger partial charge in [-0.1, -0.05) is 40.6 Å². The zero-order chi connectivity index (χ0) is 23.5. The third kappa shape index (κ3) is 4.47. The Morgan fingerprint density at radius 3 is 2.82 bits per heavy atom. The quantitative estimate of drug-likeness (QED) is 0.432. The summed E-state index contributed by atoms with van der Waals surface area (Å²) in [4.78, 5) is 32.1. The monoisotopic (exact) mass is 530 g/mol. The van der Waals surface area contributed by atoms with Crippen LogP contribution in [0.15, 0.2) is 66.5 Å². The Kier molecular flexibility index (Phi) is 6.99. The molecule has 0 spiro atoms. The minimum atomic E-state index is -0.743. The Balaban J connectivity index is 2.06. The second-order valence-corrected chi connectivity index (χ2v) is 9.24. The summed E-state index contributed by atoms with van der Waals surface area (Å²) in [5.74, 6) is 0.635. The SMILES string of the molecule is CCCC1=C(C(=O)OCC)[C@H](c2cc(Br)ccc2OC)n2c(s/c(=C/c3ccco3)c2=O)=N1. The standard InChI is InChI=1S/C24H23BrN2O5S/c1-4-7-17-20(23(29)31-5-2)21(16-12-14(25)9-10-18(16)30-3)27-22(28)19(33-24(27)26-17)13-15-8-6-11-32-15/h6,8-13,21H,4-5,7H2,1-3H3/b19-13+/t21-/m0/s1. The maximum absolute atomic E-state index is 13.6. The zero-order valence-corrected chi connectivity index (χ0v) is 20.9. The Morgan fingerprint density at radius 1 is 1.33 bits per heavy atom. The molecule has 9 heteroatoms. The molecular weight excluding hydrogens is 508 g/mol. The van der Waals surface area contributed by atoms with Crippen LogP contribution in [0.4, 0.5) is 0 Å². The van der Waals surface area contributed by atoms with Gasteiger partial charge in [0.15, 0.2) is 4.80 Å². The fraction of sp³-hybridized carbons (Fsp3) is 0.292. The van der Waals surface area contributed by atoms with Crippen molar-refractivity contribution in [1.82, 2.24) is 4.57 Å². The Morgan fingerprint density at radius 2 is 2.15 bits per heavy atom. The number of ether oxygens (including phenoxy) is 2. The van der Waals surface area contributed by atoms with E-state index in [9.17, 15) is 9.59 Å². The van der Waals surface area contributed by atoms with Crippen molar-refractivity contribution in [3.8, 4) is 5.75 Å². The largest absolute Gasteiger partial charge is 0.496 e. The first-order chi connectivity index (χ1) is 16.0. The summed E-state index contributed by atoms with van der Waals surface area (Å²) in [7, 11) is 1.56. The maximum Gasteiger partial charge on any atom is 0.338 e. The van der Waals surface area contributed by atoms with Gasteiger partial charge in [0, 0.05) is 16.1 Å². The zero-order valence-electron chi connectivity index (χ0n) is 18.5. The topological polar surface area (TPSA) is 83.0 Å². The van der Waals surface area contributed by atoms with Crippen LogP contribution in [0.3, 0.4) is 0 Å². The summed E-state index contributed by atoms with van der Waals surface area (Å²) >= 11 is 4.78. The third-order valence-corrected chi connectivity index (χ3v) is 6.67. The number of methoxy groups -OCH3 is 1. The van der Waals surface area contributed by atoms with Gasteiger partial charge in [-0.05, 0) is 43.7 Å². The summed E-state index contributed by atoms with van der Waals surface area (Å²) in [6.07, 6.45) is 4.60. The average molecular weight is 531 g/mol. The highest BCUT2D eigenvalue weighted by Gasteiger charge is 2.36. The first-order valence-corrected chi connectivity index (χ1v) is 12.2. The van der Waals surface area contributed by atoms with E-state index in [1.807, 2.05) is 19.1 Å². The molecule has 0 saturated heterocycles. The van der Waals surface area contributed by atoms with Gasteiger partial charge < -0.3 is 13.9 Å². The first-order valence-electron chi connectivity index (χ1n) is 10.6. The van der Waals surface area contributed by atoms with Gasteiger partial charge in [0.25, 0.3) is 5.56 Å². The number of esters is 1. The van der Waals surface area contributed by atoms with E-state index in [0.29, 0.717) is 44.1 Å². The number of nitrogens with zero attached hydrogens (tertiary/aromatic N) is 2. The van der Waals surface area contributed by atoms with Crippen LogP contribution in [0.25, 0.3) is 6.08 Å². The van der Waals surface area contributed by atoms with Crippen molar-refractivity contribution in [2.24, 2.45) is 4.99 Å². The molecule has 0 fully saturated rings. The van der Waals surface area contributed by atoms with Crippen molar-refractivity contribution in [3.63, 3.8) is 0 Å². The van der Waals surface area contributed by atoms with Crippen molar-refractivity contribution < 1.29 is 18.7 Å². The lowest BCUT2D eigenvalue weighted by atomic mass is 9.93. The second kappa shape index (κ2) is 9.93. The van der Waals surface area contributed by atoms with E-state index in [1.165, 1.54) is 11.3 Å². The lowest BCUT2D eigenvalue weighted by Crippen LogP contribution is -2.40. The summed E-state index contributed by atoms with van der Waals surface area (Å²) in [5, 5.41) is 0. The van der Waals surface area contributed by atoms with Crippen molar-refractivity contribution in [2.75, 3.05) is 13.7 Å². The van der Waals surface area contributed by atoms with E-state index in [2.05, 4.69) is 15.9 Å². The predicted octanol–water partition coefficient (Wildman–Crippen LogP) is 3.94. The van der Waals surface area contributed by atoms with Gasteiger partial charge in [-0.3, -0.25) is 9.36 Å². The van der Waals surface area contributed by atoms with Crippen molar-refractivity contribution in [2.45, 2.75) is 32.7 Å². The van der Waals surface area contributed by atoms with Gasteiger partial charge in [0.2, 0.25) is 0 Å². The van der Waals surface area contributed by atoms with Gasteiger partial charge in [-0.2, -0.15) is 0 Å². The molecule has 1 atom stereocenters. The molecule has 0 unspecified atom stereocenters. The molecule has 0 radical (unpaired) electrons. The summed E-state index contributed by atoms with van der Waals surface area (Å²) < 4.78 is 19.3. The van der Waals surface area contributed by atoms with E-state index < -0.39 is 12.0 Å². The molecule has 1 aliphatic rings. The van der Waals surface area contributed by atoms with Crippen LogP contribution in [0.2, 0.25) is 0 Å². The lowest BCUT2D eigenvalue weighted by molar-refractivity contribution is -0.139. The normalized spacial score (nSPS) is 15.9. The van der Waals surface area contributed by atoms with Crippen molar-refractivity contribution in [3.05, 3.63) is 83.3 Å². The number of hydrogen-bond donors (Lipinski definition) is 0. The molecule has 33 heavy (non-hydrogen) atoms. The van der Waals surface area contributed by atoms with Gasteiger partial charge in [0.1, 0.15) is 17.6 Å². The fourth-order valence-electron chi connectivity index (χ4n) is 3.84. The van der Waals surface area contributed by atoms with E-state index >= 15 is 0 Å². The molecule has 0 N–H and O–H groups in total. The molecule has 3 heterocycles. The number of furan rings is 1. The number of hydrogen-bond acceptors (Lipinski definition) is 7. The molecular formula is C24H23BrN2O5S. The van der Waals surface area contributed by atoms with Gasteiger partial charge >= 0.3 is 5.97 Å². The van der Waals surface area contributed by atoms with Crippen molar-refractivity contribution >= 4 is 39.3 Å². The molecule has 1 aromatic carbocycles. The Hall–Kier alpha value is -2.91. The molecule has 0 saturated carbocycles. The van der Waals surface area contributed by atoms with E-state index in [1.54, 1.807) is 49.1 Å². The molecule has 3 aromatic rings. The van der Waals surface area contributed by atoms with E-state index in [4.69, 9.17) is 18.9 Å². The molecule has 0 amide bonds. The van der Waals surface area contributed by atoms with Crippen LogP contribution in [0.5, 0.6) is 5.75 Å². The highest BCUT2D eigenvalue weighted by Crippen LogP contribution is 2.38. The minimum Gasteiger partial charge on any atom is -0.496 e. The predicted molar refractivity (Wildman–Crippen MR) is 129 cm³/mol. The molecule has 7 nitrogen and oxygen atoms in total.